The third-order valence-electron chi connectivity index (χ3n) is 3.56. The summed E-state index contributed by atoms with van der Waals surface area (Å²) in [6, 6.07) is 14.4. The molecule has 1 N–H and O–H groups in total. The summed E-state index contributed by atoms with van der Waals surface area (Å²) in [4.78, 5) is 11.6. The Bertz CT molecular complexity index is 949. The Hall–Kier alpha value is -1.73. The number of rotatable bonds is 5. The topological polar surface area (TPSA) is 46.0 Å². The van der Waals surface area contributed by atoms with Crippen LogP contribution in [-0.2, 0) is 0 Å². The third-order valence-corrected chi connectivity index (χ3v) is 6.25. The predicted molar refractivity (Wildman–Crippen MR) is 104 cm³/mol. The molecule has 3 heterocycles. The molecule has 3 aromatic heterocycles. The van der Waals surface area contributed by atoms with Gasteiger partial charge in [0.05, 0.1) is 16.9 Å². The molecule has 0 spiro atoms. The normalized spacial score (nSPS) is 11.2. The second kappa shape index (κ2) is 7.03. The van der Waals surface area contributed by atoms with Crippen molar-refractivity contribution in [3.63, 3.8) is 0 Å². The molecule has 120 valence electrons. The highest BCUT2D eigenvalue weighted by molar-refractivity contribution is 7.99. The quantitative estimate of drug-likeness (QED) is 0.389. The molecule has 0 unspecified atom stereocenters. The van der Waals surface area contributed by atoms with Gasteiger partial charge in [-0.15, -0.1) is 34.4 Å². The number of benzene rings is 1. The van der Waals surface area contributed by atoms with E-state index in [1.54, 1.807) is 34.4 Å². The molecule has 0 fully saturated rings. The Morgan fingerprint density at radius 1 is 1.00 bits per heavy atom. The van der Waals surface area contributed by atoms with Gasteiger partial charge in [0.1, 0.15) is 9.86 Å². The standard InChI is InChI=1S/C18H14N2OS3/c21-8-10-23-17-15-13(12-5-2-1-3-6-12)11-24-18(15)20-16(19-17)14-7-4-9-22-14/h1-7,9,11,21H,8,10H2. The molecule has 1 aromatic carbocycles. The number of fused-ring (bicyclic) bond motifs is 1. The summed E-state index contributed by atoms with van der Waals surface area (Å²) >= 11 is 4.87. The van der Waals surface area contributed by atoms with Crippen LogP contribution in [-0.4, -0.2) is 27.4 Å². The average Bonchev–Trinajstić information content (AvgIpc) is 3.30. The second-order valence-electron chi connectivity index (χ2n) is 5.10. The van der Waals surface area contributed by atoms with Gasteiger partial charge in [0, 0.05) is 16.7 Å². The van der Waals surface area contributed by atoms with E-state index < -0.39 is 0 Å². The van der Waals surface area contributed by atoms with E-state index in [0.717, 1.165) is 31.5 Å². The number of thioether (sulfide) groups is 1. The summed E-state index contributed by atoms with van der Waals surface area (Å²) in [6.45, 7) is 0.134. The van der Waals surface area contributed by atoms with Gasteiger partial charge in [-0.05, 0) is 17.0 Å². The van der Waals surface area contributed by atoms with Crippen LogP contribution in [0, 0.1) is 0 Å². The Balaban J connectivity index is 1.91. The molecule has 0 aliphatic carbocycles. The summed E-state index contributed by atoms with van der Waals surface area (Å²) in [5, 5.41) is 15.4. The lowest BCUT2D eigenvalue weighted by Crippen LogP contribution is -1.94. The van der Waals surface area contributed by atoms with Crippen LogP contribution in [0.4, 0.5) is 0 Å². The van der Waals surface area contributed by atoms with Crippen molar-refractivity contribution in [2.75, 3.05) is 12.4 Å². The predicted octanol–water partition coefficient (Wildman–Crippen LogP) is 5.17. The van der Waals surface area contributed by atoms with Crippen molar-refractivity contribution in [1.82, 2.24) is 9.97 Å². The van der Waals surface area contributed by atoms with Gasteiger partial charge in [0.2, 0.25) is 0 Å². The van der Waals surface area contributed by atoms with Crippen LogP contribution in [0.2, 0.25) is 0 Å². The van der Waals surface area contributed by atoms with E-state index >= 15 is 0 Å². The van der Waals surface area contributed by atoms with E-state index in [4.69, 9.17) is 9.97 Å². The highest BCUT2D eigenvalue weighted by Crippen LogP contribution is 2.39. The maximum atomic E-state index is 9.23. The van der Waals surface area contributed by atoms with Crippen LogP contribution in [0.1, 0.15) is 0 Å². The number of aromatic nitrogens is 2. The molecule has 0 saturated heterocycles. The van der Waals surface area contributed by atoms with Gasteiger partial charge in [0.15, 0.2) is 5.82 Å². The Morgan fingerprint density at radius 3 is 2.62 bits per heavy atom. The summed E-state index contributed by atoms with van der Waals surface area (Å²) in [5.41, 5.74) is 2.33. The van der Waals surface area contributed by atoms with Crippen molar-refractivity contribution in [2.24, 2.45) is 0 Å². The fraction of sp³-hybridized carbons (Fsp3) is 0.111. The molecule has 0 radical (unpaired) electrons. The average molecular weight is 371 g/mol. The van der Waals surface area contributed by atoms with Gasteiger partial charge in [-0.2, -0.15) is 0 Å². The first-order valence-electron chi connectivity index (χ1n) is 7.49. The Labute approximate surface area is 152 Å². The third kappa shape index (κ3) is 2.98. The van der Waals surface area contributed by atoms with E-state index in [0.29, 0.717) is 5.75 Å². The van der Waals surface area contributed by atoms with E-state index in [9.17, 15) is 5.11 Å². The zero-order valence-electron chi connectivity index (χ0n) is 12.7. The minimum absolute atomic E-state index is 0.134. The van der Waals surface area contributed by atoms with Crippen LogP contribution in [0.15, 0.2) is 58.3 Å². The Morgan fingerprint density at radius 2 is 1.88 bits per heavy atom. The number of thiophene rings is 2. The lowest BCUT2D eigenvalue weighted by Gasteiger charge is -2.07. The molecule has 24 heavy (non-hydrogen) atoms. The number of aliphatic hydroxyl groups is 1. The molecule has 0 saturated carbocycles. The minimum atomic E-state index is 0.134. The van der Waals surface area contributed by atoms with E-state index in [1.165, 1.54) is 5.56 Å². The summed E-state index contributed by atoms with van der Waals surface area (Å²) < 4.78 is 0. The largest absolute Gasteiger partial charge is 0.396 e. The summed E-state index contributed by atoms with van der Waals surface area (Å²) in [7, 11) is 0. The molecule has 0 atom stereocenters. The molecule has 0 amide bonds. The summed E-state index contributed by atoms with van der Waals surface area (Å²) in [5.74, 6) is 1.39. The maximum Gasteiger partial charge on any atom is 0.171 e. The number of nitrogens with zero attached hydrogens (tertiary/aromatic N) is 2. The van der Waals surface area contributed by atoms with Crippen molar-refractivity contribution in [3.05, 3.63) is 53.2 Å². The molecule has 3 nitrogen and oxygen atoms in total. The fourth-order valence-corrected chi connectivity index (χ4v) is 4.96. The molecular weight excluding hydrogens is 356 g/mol. The van der Waals surface area contributed by atoms with Crippen LogP contribution in [0.5, 0.6) is 0 Å². The molecule has 0 aliphatic rings. The zero-order valence-corrected chi connectivity index (χ0v) is 15.1. The fourth-order valence-electron chi connectivity index (χ4n) is 2.50. The number of hydrogen-bond acceptors (Lipinski definition) is 6. The number of aliphatic hydroxyl groups excluding tert-OH is 1. The maximum absolute atomic E-state index is 9.23. The van der Waals surface area contributed by atoms with E-state index in [1.807, 2.05) is 35.7 Å². The van der Waals surface area contributed by atoms with Crippen molar-refractivity contribution < 1.29 is 5.11 Å². The monoisotopic (exact) mass is 370 g/mol. The van der Waals surface area contributed by atoms with Crippen molar-refractivity contribution in [1.29, 1.82) is 0 Å². The van der Waals surface area contributed by atoms with Crippen LogP contribution in [0.3, 0.4) is 0 Å². The molecular formula is C18H14N2OS3. The first kappa shape index (κ1) is 15.8. The molecule has 4 rings (SSSR count). The van der Waals surface area contributed by atoms with Crippen LogP contribution >= 0.6 is 34.4 Å². The van der Waals surface area contributed by atoms with Gasteiger partial charge in [-0.1, -0.05) is 36.4 Å². The van der Waals surface area contributed by atoms with Gasteiger partial charge in [-0.3, -0.25) is 0 Å². The smallest absolute Gasteiger partial charge is 0.171 e. The molecule has 0 aliphatic heterocycles. The lowest BCUT2D eigenvalue weighted by atomic mass is 10.1. The van der Waals surface area contributed by atoms with Crippen molar-refractivity contribution in [3.8, 4) is 21.8 Å². The molecule has 6 heteroatoms. The van der Waals surface area contributed by atoms with Crippen molar-refractivity contribution >= 4 is 44.7 Å². The summed E-state index contributed by atoms with van der Waals surface area (Å²) in [6.07, 6.45) is 0. The molecule has 4 aromatic rings. The van der Waals surface area contributed by atoms with E-state index in [2.05, 4.69) is 17.5 Å². The van der Waals surface area contributed by atoms with Gasteiger partial charge in [-0.25, -0.2) is 9.97 Å². The van der Waals surface area contributed by atoms with Gasteiger partial charge < -0.3 is 5.11 Å². The first-order chi connectivity index (χ1) is 11.9. The second-order valence-corrected chi connectivity index (χ2v) is 7.99. The highest BCUT2D eigenvalue weighted by atomic mass is 32.2. The van der Waals surface area contributed by atoms with Crippen LogP contribution < -0.4 is 0 Å². The van der Waals surface area contributed by atoms with Crippen molar-refractivity contribution in [2.45, 2.75) is 5.03 Å². The Kier molecular flexibility index (Phi) is 4.62. The van der Waals surface area contributed by atoms with Crippen LogP contribution in [0.25, 0.3) is 32.0 Å². The minimum Gasteiger partial charge on any atom is -0.396 e. The van der Waals surface area contributed by atoms with Gasteiger partial charge in [0.25, 0.3) is 0 Å². The zero-order chi connectivity index (χ0) is 16.4. The van der Waals surface area contributed by atoms with Gasteiger partial charge >= 0.3 is 0 Å². The molecule has 0 bridgehead atoms. The first-order valence-corrected chi connectivity index (χ1v) is 10.2. The lowest BCUT2D eigenvalue weighted by molar-refractivity contribution is 0.322. The number of hydrogen-bond donors (Lipinski definition) is 1. The van der Waals surface area contributed by atoms with E-state index in [-0.39, 0.29) is 6.61 Å². The highest BCUT2D eigenvalue weighted by Gasteiger charge is 2.16. The SMILES string of the molecule is OCCSc1nc(-c2cccs2)nc2scc(-c3ccccc3)c12.